The van der Waals surface area contributed by atoms with Crippen LogP contribution < -0.4 is 10.6 Å². The van der Waals surface area contributed by atoms with Crippen molar-refractivity contribution in [3.63, 3.8) is 0 Å². The van der Waals surface area contributed by atoms with Gasteiger partial charge in [-0.2, -0.15) is 0 Å². The van der Waals surface area contributed by atoms with Crippen molar-refractivity contribution in [3.05, 3.63) is 29.8 Å². The zero-order chi connectivity index (χ0) is 16.5. The monoisotopic (exact) mass is 305 g/mol. The second-order valence-corrected chi connectivity index (χ2v) is 5.83. The van der Waals surface area contributed by atoms with E-state index in [1.807, 2.05) is 50.2 Å². The maximum absolute atomic E-state index is 11.9. The Morgan fingerprint density at radius 3 is 2.50 bits per heavy atom. The average Bonchev–Trinajstić information content (AvgIpc) is 2.44. The number of anilines is 1. The molecule has 1 aromatic rings. The Hall–Kier alpha value is -1.88. The number of carbonyl (C=O) groups is 2. The molecule has 22 heavy (non-hydrogen) atoms. The summed E-state index contributed by atoms with van der Waals surface area (Å²) < 4.78 is 0. The van der Waals surface area contributed by atoms with Crippen molar-refractivity contribution in [1.29, 1.82) is 0 Å². The maximum Gasteiger partial charge on any atom is 0.224 e. The van der Waals surface area contributed by atoms with Crippen LogP contribution in [-0.4, -0.2) is 43.4 Å². The third-order valence-corrected chi connectivity index (χ3v) is 3.24. The molecule has 0 unspecified atom stereocenters. The number of amides is 2. The number of likely N-dealkylation sites (N-methyl/N-ethyl adjacent to an activating group) is 1. The summed E-state index contributed by atoms with van der Waals surface area (Å²) >= 11 is 0. The minimum atomic E-state index is -0.135. The van der Waals surface area contributed by atoms with Crippen LogP contribution in [-0.2, 0) is 16.0 Å². The Morgan fingerprint density at radius 2 is 1.86 bits per heavy atom. The van der Waals surface area contributed by atoms with E-state index in [1.165, 1.54) is 5.56 Å². The first kappa shape index (κ1) is 18.2. The summed E-state index contributed by atoms with van der Waals surface area (Å²) in [5.74, 6) is -0.226. The molecule has 0 bridgehead atoms. The zero-order valence-corrected chi connectivity index (χ0v) is 14.0. The Balaban J connectivity index is 2.34. The van der Waals surface area contributed by atoms with E-state index < -0.39 is 0 Å². The summed E-state index contributed by atoms with van der Waals surface area (Å²) in [5, 5.41) is 5.72. The van der Waals surface area contributed by atoms with Gasteiger partial charge in [-0.1, -0.05) is 19.1 Å². The van der Waals surface area contributed by atoms with Crippen molar-refractivity contribution in [2.75, 3.05) is 26.0 Å². The number of rotatable bonds is 8. The van der Waals surface area contributed by atoms with E-state index in [-0.39, 0.29) is 30.7 Å². The fourth-order valence-electron chi connectivity index (χ4n) is 2.26. The van der Waals surface area contributed by atoms with E-state index in [9.17, 15) is 9.59 Å². The van der Waals surface area contributed by atoms with Gasteiger partial charge in [0.05, 0.1) is 0 Å². The van der Waals surface area contributed by atoms with Crippen LogP contribution in [0.1, 0.15) is 32.3 Å². The number of aryl methyl sites for hydroxylation is 1. The minimum absolute atomic E-state index is 0.0757. The van der Waals surface area contributed by atoms with E-state index in [1.54, 1.807) is 0 Å². The van der Waals surface area contributed by atoms with Gasteiger partial charge in [0, 0.05) is 31.1 Å². The van der Waals surface area contributed by atoms with Crippen LogP contribution >= 0.6 is 0 Å². The summed E-state index contributed by atoms with van der Waals surface area (Å²) in [5.41, 5.74) is 1.96. The van der Waals surface area contributed by atoms with Gasteiger partial charge in [-0.15, -0.1) is 0 Å². The third-order valence-electron chi connectivity index (χ3n) is 3.24. The number of nitrogens with one attached hydrogen (secondary N) is 2. The van der Waals surface area contributed by atoms with E-state index in [4.69, 9.17) is 0 Å². The molecule has 0 radical (unpaired) electrons. The topological polar surface area (TPSA) is 61.4 Å². The van der Waals surface area contributed by atoms with Crippen molar-refractivity contribution >= 4 is 17.5 Å². The van der Waals surface area contributed by atoms with Crippen LogP contribution in [0.4, 0.5) is 5.69 Å². The van der Waals surface area contributed by atoms with Crippen LogP contribution in [0.3, 0.4) is 0 Å². The molecular formula is C17H27N3O2. The molecule has 1 aromatic carbocycles. The lowest BCUT2D eigenvalue weighted by Gasteiger charge is -2.18. The molecule has 0 aliphatic heterocycles. The second-order valence-electron chi connectivity index (χ2n) is 5.83. The summed E-state index contributed by atoms with van der Waals surface area (Å²) in [6, 6.07) is 7.83. The van der Waals surface area contributed by atoms with Crippen LogP contribution in [0.2, 0.25) is 0 Å². The molecule has 5 heteroatoms. The summed E-state index contributed by atoms with van der Waals surface area (Å²) in [7, 11) is 3.92. The predicted octanol–water partition coefficient (Wildman–Crippen LogP) is 2.03. The SMILES string of the molecule is CCc1cccc(NC(=O)CCC(=O)N[C@@H](C)CN(C)C)c1. The van der Waals surface area contributed by atoms with Crippen LogP contribution in [0.5, 0.6) is 0 Å². The van der Waals surface area contributed by atoms with E-state index in [0.29, 0.717) is 0 Å². The molecule has 0 saturated heterocycles. The lowest BCUT2D eigenvalue weighted by molar-refractivity contribution is -0.124. The zero-order valence-electron chi connectivity index (χ0n) is 14.0. The minimum Gasteiger partial charge on any atom is -0.352 e. The smallest absolute Gasteiger partial charge is 0.224 e. The van der Waals surface area contributed by atoms with Crippen LogP contribution in [0.15, 0.2) is 24.3 Å². The normalized spacial score (nSPS) is 12.0. The summed E-state index contributed by atoms with van der Waals surface area (Å²) in [6.07, 6.45) is 1.32. The Labute approximate surface area is 133 Å². The molecule has 0 fully saturated rings. The average molecular weight is 305 g/mol. The van der Waals surface area contributed by atoms with Crippen molar-refractivity contribution in [3.8, 4) is 0 Å². The second kappa shape index (κ2) is 9.20. The van der Waals surface area contributed by atoms with Gasteiger partial charge < -0.3 is 15.5 Å². The van der Waals surface area contributed by atoms with Crippen LogP contribution in [0, 0.1) is 0 Å². The first-order chi connectivity index (χ1) is 10.4. The molecule has 1 atom stereocenters. The van der Waals surface area contributed by atoms with Gasteiger partial charge in [-0.05, 0) is 45.1 Å². The summed E-state index contributed by atoms with van der Waals surface area (Å²) in [4.78, 5) is 25.7. The van der Waals surface area contributed by atoms with Crippen molar-refractivity contribution in [2.24, 2.45) is 0 Å². The van der Waals surface area contributed by atoms with E-state index in [0.717, 1.165) is 18.7 Å². The van der Waals surface area contributed by atoms with Crippen LogP contribution in [0.25, 0.3) is 0 Å². The largest absolute Gasteiger partial charge is 0.352 e. The van der Waals surface area contributed by atoms with Gasteiger partial charge in [0.1, 0.15) is 0 Å². The van der Waals surface area contributed by atoms with Crippen molar-refractivity contribution < 1.29 is 9.59 Å². The van der Waals surface area contributed by atoms with Gasteiger partial charge in [-0.25, -0.2) is 0 Å². The highest BCUT2D eigenvalue weighted by atomic mass is 16.2. The molecular weight excluding hydrogens is 278 g/mol. The number of benzene rings is 1. The Morgan fingerprint density at radius 1 is 1.18 bits per heavy atom. The standard InChI is InChI=1S/C17H27N3O2/c1-5-14-7-6-8-15(11-14)19-17(22)10-9-16(21)18-13(2)12-20(3)4/h6-8,11,13H,5,9-10,12H2,1-4H3,(H,18,21)(H,19,22)/t13-/m0/s1. The Bertz CT molecular complexity index is 500. The lowest BCUT2D eigenvalue weighted by atomic mass is 10.1. The molecule has 5 nitrogen and oxygen atoms in total. The fraction of sp³-hybridized carbons (Fsp3) is 0.529. The van der Waals surface area contributed by atoms with Gasteiger partial charge in [0.25, 0.3) is 0 Å². The molecule has 0 aliphatic carbocycles. The molecule has 0 spiro atoms. The summed E-state index contributed by atoms with van der Waals surface area (Å²) in [6.45, 7) is 4.80. The van der Waals surface area contributed by atoms with Gasteiger partial charge >= 0.3 is 0 Å². The predicted molar refractivity (Wildman–Crippen MR) is 89.8 cm³/mol. The fourth-order valence-corrected chi connectivity index (χ4v) is 2.26. The third kappa shape index (κ3) is 7.22. The molecule has 122 valence electrons. The lowest BCUT2D eigenvalue weighted by Crippen LogP contribution is -2.39. The Kier molecular flexibility index (Phi) is 7.60. The van der Waals surface area contributed by atoms with Gasteiger partial charge in [-0.3, -0.25) is 9.59 Å². The number of carbonyl (C=O) groups excluding carboxylic acids is 2. The molecule has 0 heterocycles. The van der Waals surface area contributed by atoms with E-state index >= 15 is 0 Å². The quantitative estimate of drug-likeness (QED) is 0.772. The van der Waals surface area contributed by atoms with Gasteiger partial charge in [0.2, 0.25) is 11.8 Å². The van der Waals surface area contributed by atoms with Gasteiger partial charge in [0.15, 0.2) is 0 Å². The molecule has 2 amide bonds. The molecule has 0 aliphatic rings. The number of hydrogen-bond acceptors (Lipinski definition) is 3. The highest BCUT2D eigenvalue weighted by molar-refractivity contribution is 5.93. The highest BCUT2D eigenvalue weighted by Crippen LogP contribution is 2.11. The molecule has 0 saturated carbocycles. The molecule has 0 aromatic heterocycles. The van der Waals surface area contributed by atoms with Crippen molar-refractivity contribution in [2.45, 2.75) is 39.2 Å². The maximum atomic E-state index is 11.9. The number of hydrogen-bond donors (Lipinski definition) is 2. The first-order valence-electron chi connectivity index (χ1n) is 7.73. The molecule has 2 N–H and O–H groups in total. The van der Waals surface area contributed by atoms with Crippen molar-refractivity contribution in [1.82, 2.24) is 10.2 Å². The molecule has 1 rings (SSSR count). The highest BCUT2D eigenvalue weighted by Gasteiger charge is 2.10. The first-order valence-corrected chi connectivity index (χ1v) is 7.73. The number of nitrogens with zero attached hydrogens (tertiary/aromatic N) is 1. The van der Waals surface area contributed by atoms with E-state index in [2.05, 4.69) is 17.6 Å².